The van der Waals surface area contributed by atoms with Crippen molar-refractivity contribution < 1.29 is 9.53 Å². The Labute approximate surface area is 115 Å². The highest BCUT2D eigenvalue weighted by Crippen LogP contribution is 2.13. The second-order valence-electron chi connectivity index (χ2n) is 4.61. The second-order valence-corrected chi connectivity index (χ2v) is 4.61. The van der Waals surface area contributed by atoms with Crippen molar-refractivity contribution in [2.45, 2.75) is 45.8 Å². The maximum atomic E-state index is 11.8. The van der Waals surface area contributed by atoms with Crippen molar-refractivity contribution in [1.29, 1.82) is 0 Å². The van der Waals surface area contributed by atoms with Crippen molar-refractivity contribution in [3.8, 4) is 5.75 Å². The summed E-state index contributed by atoms with van der Waals surface area (Å²) in [7, 11) is 0. The van der Waals surface area contributed by atoms with E-state index < -0.39 is 6.10 Å². The Morgan fingerprint density at radius 1 is 1.32 bits per heavy atom. The number of nitrogens with one attached hydrogen (secondary N) is 1. The zero-order valence-electron chi connectivity index (χ0n) is 11.8. The van der Waals surface area contributed by atoms with Gasteiger partial charge in [0.15, 0.2) is 6.10 Å². The Morgan fingerprint density at radius 2 is 2.00 bits per heavy atom. The van der Waals surface area contributed by atoms with Crippen LogP contribution < -0.4 is 15.8 Å². The molecule has 1 atom stereocenters. The van der Waals surface area contributed by atoms with Crippen molar-refractivity contribution >= 4 is 5.91 Å². The van der Waals surface area contributed by atoms with Crippen LogP contribution in [0.15, 0.2) is 24.3 Å². The predicted octanol–water partition coefficient (Wildman–Crippen LogP) is 2.22. The van der Waals surface area contributed by atoms with Gasteiger partial charge in [-0.05, 0) is 31.0 Å². The van der Waals surface area contributed by atoms with Gasteiger partial charge in [0.25, 0.3) is 5.91 Å². The van der Waals surface area contributed by atoms with E-state index in [1.165, 1.54) is 0 Å². The lowest BCUT2D eigenvalue weighted by molar-refractivity contribution is -0.127. The van der Waals surface area contributed by atoms with Crippen LogP contribution in [0.3, 0.4) is 0 Å². The summed E-state index contributed by atoms with van der Waals surface area (Å²) in [5.74, 6) is 0.618. The van der Waals surface area contributed by atoms with Gasteiger partial charge in [0.05, 0.1) is 0 Å². The highest BCUT2D eigenvalue weighted by atomic mass is 16.5. The Kier molecular flexibility index (Phi) is 6.97. The minimum atomic E-state index is -0.481. The molecule has 1 aromatic carbocycles. The van der Waals surface area contributed by atoms with Gasteiger partial charge in [-0.15, -0.1) is 0 Å². The zero-order valence-corrected chi connectivity index (χ0v) is 11.8. The Bertz CT molecular complexity index is 376. The van der Waals surface area contributed by atoms with Crippen molar-refractivity contribution in [2.24, 2.45) is 5.73 Å². The molecular formula is C15H24N2O2. The fraction of sp³-hybridized carbons (Fsp3) is 0.533. The number of carbonyl (C=O) groups is 1. The van der Waals surface area contributed by atoms with Crippen LogP contribution in [0.25, 0.3) is 0 Å². The van der Waals surface area contributed by atoms with E-state index in [1.807, 2.05) is 24.3 Å². The van der Waals surface area contributed by atoms with Crippen molar-refractivity contribution in [2.75, 3.05) is 6.54 Å². The fourth-order valence-corrected chi connectivity index (χ4v) is 1.69. The van der Waals surface area contributed by atoms with E-state index in [0.29, 0.717) is 18.8 Å². The molecule has 106 valence electrons. The average molecular weight is 264 g/mol. The molecule has 0 saturated heterocycles. The first-order chi connectivity index (χ1) is 9.17. The van der Waals surface area contributed by atoms with E-state index in [1.54, 1.807) is 6.92 Å². The largest absolute Gasteiger partial charge is 0.481 e. The van der Waals surface area contributed by atoms with E-state index in [4.69, 9.17) is 10.5 Å². The minimum Gasteiger partial charge on any atom is -0.481 e. The molecule has 0 spiro atoms. The van der Waals surface area contributed by atoms with Gasteiger partial charge in [-0.2, -0.15) is 0 Å². The third-order valence-corrected chi connectivity index (χ3v) is 2.92. The lowest BCUT2D eigenvalue weighted by atomic mass is 10.2. The van der Waals surface area contributed by atoms with Crippen LogP contribution in [0.1, 0.15) is 38.7 Å². The summed E-state index contributed by atoms with van der Waals surface area (Å²) in [6, 6.07) is 7.48. The molecule has 1 amide bonds. The standard InChI is InChI=1S/C15H24N2O2/c1-3-4-5-10-17-15(18)12(2)19-14-8-6-13(11-16)7-9-14/h6-9,12H,3-5,10-11,16H2,1-2H3,(H,17,18). The summed E-state index contributed by atoms with van der Waals surface area (Å²) in [5.41, 5.74) is 6.57. The maximum absolute atomic E-state index is 11.8. The third kappa shape index (κ3) is 5.75. The van der Waals surface area contributed by atoms with Crippen molar-refractivity contribution in [3.63, 3.8) is 0 Å². The molecule has 0 aliphatic carbocycles. The molecule has 19 heavy (non-hydrogen) atoms. The van der Waals surface area contributed by atoms with Crippen LogP contribution in [0.4, 0.5) is 0 Å². The van der Waals surface area contributed by atoms with Gasteiger partial charge in [0.1, 0.15) is 5.75 Å². The number of rotatable bonds is 8. The van der Waals surface area contributed by atoms with Crippen LogP contribution in [-0.4, -0.2) is 18.6 Å². The molecule has 1 rings (SSSR count). The number of nitrogens with two attached hydrogens (primary N) is 1. The molecule has 1 aromatic rings. The molecule has 3 N–H and O–H groups in total. The number of hydrogen-bond donors (Lipinski definition) is 2. The summed E-state index contributed by atoms with van der Waals surface area (Å²) < 4.78 is 5.58. The van der Waals surface area contributed by atoms with Crippen LogP contribution in [0.2, 0.25) is 0 Å². The van der Waals surface area contributed by atoms with Gasteiger partial charge in [0.2, 0.25) is 0 Å². The maximum Gasteiger partial charge on any atom is 0.260 e. The SMILES string of the molecule is CCCCCNC(=O)C(C)Oc1ccc(CN)cc1. The molecule has 0 bridgehead atoms. The van der Waals surface area contributed by atoms with Crippen LogP contribution >= 0.6 is 0 Å². The van der Waals surface area contributed by atoms with Gasteiger partial charge in [-0.25, -0.2) is 0 Å². The monoisotopic (exact) mass is 264 g/mol. The van der Waals surface area contributed by atoms with Gasteiger partial charge in [0, 0.05) is 13.1 Å². The molecule has 4 nitrogen and oxygen atoms in total. The average Bonchev–Trinajstić information content (AvgIpc) is 2.44. The Morgan fingerprint density at radius 3 is 2.58 bits per heavy atom. The highest BCUT2D eigenvalue weighted by Gasteiger charge is 2.13. The molecule has 0 aliphatic rings. The highest BCUT2D eigenvalue weighted by molar-refractivity contribution is 5.80. The molecule has 1 unspecified atom stereocenters. The van der Waals surface area contributed by atoms with Gasteiger partial charge >= 0.3 is 0 Å². The summed E-state index contributed by atoms with van der Waals surface area (Å²) >= 11 is 0. The van der Waals surface area contributed by atoms with E-state index in [9.17, 15) is 4.79 Å². The van der Waals surface area contributed by atoms with Crippen molar-refractivity contribution in [3.05, 3.63) is 29.8 Å². The molecular weight excluding hydrogens is 240 g/mol. The fourth-order valence-electron chi connectivity index (χ4n) is 1.69. The molecule has 0 aliphatic heterocycles. The first-order valence-corrected chi connectivity index (χ1v) is 6.90. The van der Waals surface area contributed by atoms with Crippen LogP contribution in [-0.2, 0) is 11.3 Å². The third-order valence-electron chi connectivity index (χ3n) is 2.92. The summed E-state index contributed by atoms with van der Waals surface area (Å²) in [6.07, 6.45) is 2.82. The van der Waals surface area contributed by atoms with Crippen LogP contribution in [0.5, 0.6) is 5.75 Å². The Balaban J connectivity index is 2.35. The minimum absolute atomic E-state index is 0.0704. The number of amides is 1. The first-order valence-electron chi connectivity index (χ1n) is 6.90. The van der Waals surface area contributed by atoms with Crippen LogP contribution in [0, 0.1) is 0 Å². The number of ether oxygens (including phenoxy) is 1. The number of carbonyl (C=O) groups excluding carboxylic acids is 1. The van der Waals surface area contributed by atoms with E-state index >= 15 is 0 Å². The summed E-state index contributed by atoms with van der Waals surface area (Å²) in [4.78, 5) is 11.8. The summed E-state index contributed by atoms with van der Waals surface area (Å²) in [6.45, 7) is 5.12. The first kappa shape index (κ1) is 15.5. The van der Waals surface area contributed by atoms with Gasteiger partial charge in [-0.3, -0.25) is 4.79 Å². The lowest BCUT2D eigenvalue weighted by Crippen LogP contribution is -2.36. The quantitative estimate of drug-likeness (QED) is 0.708. The molecule has 0 fully saturated rings. The zero-order chi connectivity index (χ0) is 14.1. The molecule has 4 heteroatoms. The predicted molar refractivity (Wildman–Crippen MR) is 77.0 cm³/mol. The number of hydrogen-bond acceptors (Lipinski definition) is 3. The number of benzene rings is 1. The molecule has 0 radical (unpaired) electrons. The van der Waals surface area contributed by atoms with E-state index in [-0.39, 0.29) is 5.91 Å². The smallest absolute Gasteiger partial charge is 0.260 e. The normalized spacial score (nSPS) is 11.9. The van der Waals surface area contributed by atoms with Gasteiger partial charge < -0.3 is 15.8 Å². The van der Waals surface area contributed by atoms with Crippen molar-refractivity contribution in [1.82, 2.24) is 5.32 Å². The van der Waals surface area contributed by atoms with Gasteiger partial charge in [-0.1, -0.05) is 31.9 Å². The summed E-state index contributed by atoms with van der Waals surface area (Å²) in [5, 5.41) is 2.88. The lowest BCUT2D eigenvalue weighted by Gasteiger charge is -2.14. The second kappa shape index (κ2) is 8.53. The van der Waals surface area contributed by atoms with E-state index in [2.05, 4.69) is 12.2 Å². The molecule has 0 heterocycles. The molecule has 0 aromatic heterocycles. The molecule has 0 saturated carbocycles. The van der Waals surface area contributed by atoms with E-state index in [0.717, 1.165) is 24.8 Å². The number of unbranched alkanes of at least 4 members (excludes halogenated alkanes) is 2. The topological polar surface area (TPSA) is 64.3 Å². The Hall–Kier alpha value is -1.55.